The van der Waals surface area contributed by atoms with E-state index in [1.807, 2.05) is 11.4 Å². The van der Waals surface area contributed by atoms with Crippen LogP contribution in [0.5, 0.6) is 0 Å². The van der Waals surface area contributed by atoms with Gasteiger partial charge in [0.05, 0.1) is 12.0 Å². The van der Waals surface area contributed by atoms with Crippen LogP contribution in [0.1, 0.15) is 13.8 Å². The lowest BCUT2D eigenvalue weighted by molar-refractivity contribution is 0.203. The van der Waals surface area contributed by atoms with E-state index < -0.39 is 0 Å². The maximum Gasteiger partial charge on any atom is 0.240 e. The van der Waals surface area contributed by atoms with Crippen molar-refractivity contribution in [3.05, 3.63) is 11.4 Å². The molecule has 0 aliphatic heterocycles. The molecule has 0 aliphatic rings. The third-order valence-corrected chi connectivity index (χ3v) is 3.67. The number of thiophene rings is 1. The lowest BCUT2D eigenvalue weighted by atomic mass is 10.2. The first kappa shape index (κ1) is 14.0. The second kappa shape index (κ2) is 6.14. The van der Waals surface area contributed by atoms with Crippen molar-refractivity contribution in [1.82, 2.24) is 9.97 Å². The highest BCUT2D eigenvalue weighted by Crippen LogP contribution is 2.29. The fraction of sp³-hybridized carbons (Fsp3) is 0.500. The molecule has 19 heavy (non-hydrogen) atoms. The molecular formula is C12H19N5OS. The minimum atomic E-state index is 0.318. The van der Waals surface area contributed by atoms with Crippen molar-refractivity contribution in [2.24, 2.45) is 5.84 Å². The van der Waals surface area contributed by atoms with E-state index in [1.165, 1.54) is 0 Å². The second-order valence-electron chi connectivity index (χ2n) is 4.43. The number of hydrogen-bond acceptors (Lipinski definition) is 7. The molecule has 0 bridgehead atoms. The summed E-state index contributed by atoms with van der Waals surface area (Å²) in [6, 6.07) is 2.36. The Labute approximate surface area is 116 Å². The predicted molar refractivity (Wildman–Crippen MR) is 79.6 cm³/mol. The molecule has 0 atom stereocenters. The first-order chi connectivity index (χ1) is 9.17. The normalized spacial score (nSPS) is 11.2. The van der Waals surface area contributed by atoms with Crippen molar-refractivity contribution in [3.8, 4) is 0 Å². The van der Waals surface area contributed by atoms with Crippen LogP contribution in [0.4, 0.5) is 11.8 Å². The Kier molecular flexibility index (Phi) is 4.52. The van der Waals surface area contributed by atoms with Crippen molar-refractivity contribution in [2.75, 3.05) is 30.6 Å². The minimum Gasteiger partial charge on any atom is -0.383 e. The van der Waals surface area contributed by atoms with Gasteiger partial charge in [-0.1, -0.05) is 0 Å². The van der Waals surface area contributed by atoms with Gasteiger partial charge in [0.15, 0.2) is 0 Å². The topological polar surface area (TPSA) is 76.3 Å². The summed E-state index contributed by atoms with van der Waals surface area (Å²) in [5.74, 6) is 6.77. The zero-order valence-corrected chi connectivity index (χ0v) is 12.2. The van der Waals surface area contributed by atoms with Gasteiger partial charge in [0, 0.05) is 19.7 Å². The minimum absolute atomic E-state index is 0.318. The molecule has 0 radical (unpaired) electrons. The van der Waals surface area contributed by atoms with E-state index in [0.29, 0.717) is 18.6 Å². The Bertz CT molecular complexity index is 542. The molecule has 0 unspecified atom stereocenters. The highest BCUT2D eigenvalue weighted by atomic mass is 32.1. The third kappa shape index (κ3) is 2.94. The van der Waals surface area contributed by atoms with Crippen LogP contribution < -0.4 is 16.2 Å². The molecule has 7 heteroatoms. The van der Waals surface area contributed by atoms with Crippen molar-refractivity contribution in [3.63, 3.8) is 0 Å². The van der Waals surface area contributed by atoms with Crippen LogP contribution in [0.3, 0.4) is 0 Å². The lowest BCUT2D eigenvalue weighted by Gasteiger charge is -2.28. The van der Waals surface area contributed by atoms with Crippen LogP contribution in [0, 0.1) is 0 Å². The fourth-order valence-corrected chi connectivity index (χ4v) is 2.68. The summed E-state index contributed by atoms with van der Waals surface area (Å²) in [5.41, 5.74) is 2.53. The van der Waals surface area contributed by atoms with Crippen molar-refractivity contribution in [2.45, 2.75) is 19.9 Å². The van der Waals surface area contributed by atoms with E-state index in [0.717, 1.165) is 22.6 Å². The predicted octanol–water partition coefficient (Wildman–Crippen LogP) is 1.84. The van der Waals surface area contributed by atoms with Gasteiger partial charge in [0.2, 0.25) is 5.95 Å². The van der Waals surface area contributed by atoms with Crippen LogP contribution >= 0.6 is 11.3 Å². The van der Waals surface area contributed by atoms with Crippen LogP contribution in [0.25, 0.3) is 10.2 Å². The largest absolute Gasteiger partial charge is 0.383 e. The number of rotatable bonds is 6. The van der Waals surface area contributed by atoms with E-state index in [4.69, 9.17) is 10.6 Å². The number of methoxy groups -OCH3 is 1. The Hall–Kier alpha value is -1.44. The number of nitrogen functional groups attached to an aromatic ring is 1. The van der Waals surface area contributed by atoms with E-state index in [2.05, 4.69) is 34.1 Å². The molecule has 0 spiro atoms. The Morgan fingerprint density at radius 1 is 1.47 bits per heavy atom. The number of nitrogens with one attached hydrogen (secondary N) is 1. The average molecular weight is 281 g/mol. The van der Waals surface area contributed by atoms with Gasteiger partial charge < -0.3 is 9.64 Å². The van der Waals surface area contributed by atoms with Gasteiger partial charge in [0.1, 0.15) is 10.6 Å². The molecular weight excluding hydrogens is 262 g/mol. The Morgan fingerprint density at radius 2 is 2.26 bits per heavy atom. The standard InChI is InChI=1S/C12H19N5OS/c1-8(2)17(5-6-18-3)10-9-4-7-19-11(9)15-12(14-10)16-13/h4,7-8H,5-6,13H2,1-3H3,(H,14,15,16). The average Bonchev–Trinajstić information content (AvgIpc) is 2.86. The molecule has 6 nitrogen and oxygen atoms in total. The summed E-state index contributed by atoms with van der Waals surface area (Å²) >= 11 is 1.58. The fourth-order valence-electron chi connectivity index (χ4n) is 1.92. The van der Waals surface area contributed by atoms with Gasteiger partial charge >= 0.3 is 0 Å². The van der Waals surface area contributed by atoms with Gasteiger partial charge in [-0.2, -0.15) is 4.98 Å². The molecule has 0 saturated carbocycles. The molecule has 0 fully saturated rings. The highest BCUT2D eigenvalue weighted by Gasteiger charge is 2.17. The molecule has 2 aromatic heterocycles. The maximum atomic E-state index is 5.44. The number of anilines is 2. The maximum absolute atomic E-state index is 5.44. The Morgan fingerprint density at radius 3 is 2.89 bits per heavy atom. The molecule has 2 rings (SSSR count). The van der Waals surface area contributed by atoms with Gasteiger partial charge in [-0.25, -0.2) is 10.8 Å². The highest BCUT2D eigenvalue weighted by molar-refractivity contribution is 7.16. The van der Waals surface area contributed by atoms with Crippen LogP contribution in [0.2, 0.25) is 0 Å². The van der Waals surface area contributed by atoms with E-state index in [-0.39, 0.29) is 0 Å². The van der Waals surface area contributed by atoms with Crippen LogP contribution in [-0.4, -0.2) is 36.3 Å². The van der Waals surface area contributed by atoms with Gasteiger partial charge in [-0.15, -0.1) is 11.3 Å². The summed E-state index contributed by atoms with van der Waals surface area (Å²) in [5, 5.41) is 3.06. The van der Waals surface area contributed by atoms with Gasteiger partial charge in [-0.05, 0) is 25.3 Å². The molecule has 0 saturated heterocycles. The van der Waals surface area contributed by atoms with E-state index in [9.17, 15) is 0 Å². The Balaban J connectivity index is 2.47. The molecule has 2 heterocycles. The molecule has 104 valence electrons. The summed E-state index contributed by atoms with van der Waals surface area (Å²) in [6.45, 7) is 5.69. The summed E-state index contributed by atoms with van der Waals surface area (Å²) in [6.07, 6.45) is 0. The summed E-state index contributed by atoms with van der Waals surface area (Å²) in [4.78, 5) is 12.0. The number of ether oxygens (including phenoxy) is 1. The zero-order chi connectivity index (χ0) is 13.8. The second-order valence-corrected chi connectivity index (χ2v) is 5.33. The number of nitrogens with zero attached hydrogens (tertiary/aromatic N) is 3. The monoisotopic (exact) mass is 281 g/mol. The number of aromatic nitrogens is 2. The van der Waals surface area contributed by atoms with Crippen LogP contribution in [0.15, 0.2) is 11.4 Å². The zero-order valence-electron chi connectivity index (χ0n) is 11.4. The number of hydrazine groups is 1. The van der Waals surface area contributed by atoms with Gasteiger partial charge in [0.25, 0.3) is 0 Å². The SMILES string of the molecule is COCCN(c1nc(NN)nc2sccc12)C(C)C. The molecule has 0 aliphatic carbocycles. The first-order valence-corrected chi connectivity index (χ1v) is 7.02. The molecule has 2 aromatic rings. The van der Waals surface area contributed by atoms with Crippen molar-refractivity contribution in [1.29, 1.82) is 0 Å². The molecule has 3 N–H and O–H groups in total. The number of fused-ring (bicyclic) bond motifs is 1. The first-order valence-electron chi connectivity index (χ1n) is 6.14. The third-order valence-electron chi connectivity index (χ3n) is 2.87. The van der Waals surface area contributed by atoms with Crippen molar-refractivity contribution < 1.29 is 4.74 Å². The van der Waals surface area contributed by atoms with Gasteiger partial charge in [-0.3, -0.25) is 5.43 Å². The molecule has 0 amide bonds. The van der Waals surface area contributed by atoms with Crippen molar-refractivity contribution >= 4 is 33.3 Å². The number of hydrogen-bond donors (Lipinski definition) is 2. The summed E-state index contributed by atoms with van der Waals surface area (Å²) < 4.78 is 5.17. The smallest absolute Gasteiger partial charge is 0.240 e. The van der Waals surface area contributed by atoms with Crippen LogP contribution in [-0.2, 0) is 4.74 Å². The quantitative estimate of drug-likeness (QED) is 0.621. The van der Waals surface area contributed by atoms with E-state index in [1.54, 1.807) is 18.4 Å². The van der Waals surface area contributed by atoms with E-state index >= 15 is 0 Å². The lowest BCUT2D eigenvalue weighted by Crippen LogP contribution is -2.35. The molecule has 0 aromatic carbocycles. The summed E-state index contributed by atoms with van der Waals surface area (Å²) in [7, 11) is 1.70. The number of nitrogens with two attached hydrogens (primary N) is 1.